The Morgan fingerprint density at radius 2 is 1.73 bits per heavy atom. The Morgan fingerprint density at radius 1 is 1.10 bits per heavy atom. The lowest BCUT2D eigenvalue weighted by Crippen LogP contribution is -2.61. The van der Waals surface area contributed by atoms with Gasteiger partial charge in [0.2, 0.25) is 5.72 Å². The minimum absolute atomic E-state index is 0.0450. The van der Waals surface area contributed by atoms with Gasteiger partial charge in [0.25, 0.3) is 5.56 Å². The molecule has 0 radical (unpaired) electrons. The molecule has 0 saturated carbocycles. The third kappa shape index (κ3) is 3.12. The predicted molar refractivity (Wildman–Crippen MR) is 101 cm³/mol. The molecule has 0 unspecified atom stereocenters. The summed E-state index contributed by atoms with van der Waals surface area (Å²) in [6.07, 6.45) is -7.30. The first kappa shape index (κ1) is 22.0. The van der Waals surface area contributed by atoms with Gasteiger partial charge >= 0.3 is 5.69 Å². The Kier molecular flexibility index (Phi) is 5.48. The van der Waals surface area contributed by atoms with Crippen molar-refractivity contribution in [3.63, 3.8) is 0 Å². The number of rotatable bonds is 4. The number of aliphatic hydroxyl groups is 4. The summed E-state index contributed by atoms with van der Waals surface area (Å²) in [5.74, 6) is -1.05. The van der Waals surface area contributed by atoms with Crippen LogP contribution in [0.25, 0.3) is 0 Å². The maximum Gasteiger partial charge on any atom is 0.330 e. The van der Waals surface area contributed by atoms with Gasteiger partial charge in [-0.25, -0.2) is 4.79 Å². The molecule has 0 spiro atoms. The fourth-order valence-corrected chi connectivity index (χ4v) is 4.72. The van der Waals surface area contributed by atoms with Crippen LogP contribution in [0.3, 0.4) is 0 Å². The molecule has 3 saturated heterocycles. The van der Waals surface area contributed by atoms with Gasteiger partial charge in [0, 0.05) is 6.20 Å². The molecule has 0 bridgehead atoms. The van der Waals surface area contributed by atoms with Gasteiger partial charge in [0.1, 0.15) is 42.7 Å². The van der Waals surface area contributed by atoms with E-state index in [-0.39, 0.29) is 4.47 Å². The van der Waals surface area contributed by atoms with E-state index in [0.717, 1.165) is 10.8 Å². The van der Waals surface area contributed by atoms with E-state index in [1.165, 1.54) is 0 Å². The first-order chi connectivity index (χ1) is 14.1. The Hall–Kier alpha value is -1.16. The zero-order valence-corrected chi connectivity index (χ0v) is 17.7. The number of fused-ring (bicyclic) bond motifs is 1. The summed E-state index contributed by atoms with van der Waals surface area (Å²) in [7, 11) is 0. The molecule has 3 aliphatic heterocycles. The van der Waals surface area contributed by atoms with Crippen LogP contribution in [0.1, 0.15) is 13.8 Å². The van der Waals surface area contributed by atoms with Gasteiger partial charge in [-0.15, -0.1) is 0 Å². The highest BCUT2D eigenvalue weighted by molar-refractivity contribution is 9.10. The van der Waals surface area contributed by atoms with Crippen molar-refractivity contribution in [2.45, 2.75) is 68.1 Å². The minimum atomic E-state index is -2.10. The number of hydrogen-bond donors (Lipinski definition) is 5. The highest BCUT2D eigenvalue weighted by Gasteiger charge is 2.69. The van der Waals surface area contributed by atoms with Gasteiger partial charge in [-0.05, 0) is 29.8 Å². The lowest BCUT2D eigenvalue weighted by atomic mass is 9.92. The van der Waals surface area contributed by atoms with E-state index >= 15 is 0 Å². The molecule has 4 rings (SSSR count). The molecule has 1 aromatic heterocycles. The average molecular weight is 495 g/mol. The Balaban J connectivity index is 1.91. The van der Waals surface area contributed by atoms with Crippen molar-refractivity contribution >= 4 is 15.9 Å². The van der Waals surface area contributed by atoms with Gasteiger partial charge in [-0.1, -0.05) is 0 Å². The summed E-state index contributed by atoms with van der Waals surface area (Å²) in [4.78, 5) is 26.7. The Bertz CT molecular complexity index is 934. The molecule has 12 nitrogen and oxygen atoms in total. The summed E-state index contributed by atoms with van der Waals surface area (Å²) in [6.45, 7) is 2.21. The van der Waals surface area contributed by atoms with E-state index in [1.807, 2.05) is 0 Å². The number of hydrogen-bond acceptors (Lipinski definition) is 10. The van der Waals surface area contributed by atoms with E-state index in [1.54, 1.807) is 13.8 Å². The maximum atomic E-state index is 12.7. The molecule has 8 atom stereocenters. The molecule has 0 aromatic carbocycles. The van der Waals surface area contributed by atoms with Crippen molar-refractivity contribution in [3.8, 4) is 0 Å². The van der Waals surface area contributed by atoms with Crippen molar-refractivity contribution < 1.29 is 39.4 Å². The largest absolute Gasteiger partial charge is 0.394 e. The Morgan fingerprint density at radius 3 is 2.33 bits per heavy atom. The van der Waals surface area contributed by atoms with Crippen LogP contribution in [0.2, 0.25) is 0 Å². The van der Waals surface area contributed by atoms with Gasteiger partial charge < -0.3 is 39.4 Å². The van der Waals surface area contributed by atoms with Crippen molar-refractivity contribution in [1.29, 1.82) is 0 Å². The lowest BCUT2D eigenvalue weighted by molar-refractivity contribution is -0.261. The zero-order valence-electron chi connectivity index (χ0n) is 16.1. The van der Waals surface area contributed by atoms with Crippen molar-refractivity contribution in [2.75, 3.05) is 13.2 Å². The number of nitrogens with zero attached hydrogens (tertiary/aromatic N) is 1. The molecule has 13 heteroatoms. The summed E-state index contributed by atoms with van der Waals surface area (Å²) < 4.78 is 24.4. The van der Waals surface area contributed by atoms with Crippen LogP contribution in [0.5, 0.6) is 0 Å². The van der Waals surface area contributed by atoms with Crippen LogP contribution < -0.4 is 11.2 Å². The average Bonchev–Trinajstić information content (AvgIpc) is 3.26. The molecule has 0 amide bonds. The predicted octanol–water partition coefficient (Wildman–Crippen LogP) is -2.66. The molecule has 3 fully saturated rings. The number of aromatic nitrogens is 2. The Labute approximate surface area is 178 Å². The van der Waals surface area contributed by atoms with Gasteiger partial charge in [0.05, 0.1) is 17.7 Å². The molecule has 4 heterocycles. The molecule has 168 valence electrons. The molecular formula is C17H23BrN2O10. The van der Waals surface area contributed by atoms with Crippen LogP contribution in [-0.2, 0) is 24.7 Å². The minimum Gasteiger partial charge on any atom is -0.394 e. The van der Waals surface area contributed by atoms with Gasteiger partial charge in [-0.3, -0.25) is 14.3 Å². The zero-order chi connectivity index (χ0) is 22.0. The van der Waals surface area contributed by atoms with E-state index in [0.29, 0.717) is 0 Å². The summed E-state index contributed by atoms with van der Waals surface area (Å²) in [5, 5.41) is 40.9. The summed E-state index contributed by atoms with van der Waals surface area (Å²) in [5.41, 5.74) is -3.76. The van der Waals surface area contributed by atoms with Crippen LogP contribution in [0.4, 0.5) is 0 Å². The summed E-state index contributed by atoms with van der Waals surface area (Å²) in [6, 6.07) is 0. The topological polar surface area (TPSA) is 173 Å². The van der Waals surface area contributed by atoms with Crippen molar-refractivity contribution in [3.05, 3.63) is 31.5 Å². The molecular weight excluding hydrogens is 472 g/mol. The molecule has 3 aliphatic rings. The number of halogens is 1. The highest BCUT2D eigenvalue weighted by Crippen LogP contribution is 2.48. The quantitative estimate of drug-likeness (QED) is 0.297. The smallest absolute Gasteiger partial charge is 0.330 e. The molecule has 30 heavy (non-hydrogen) atoms. The van der Waals surface area contributed by atoms with Crippen molar-refractivity contribution in [2.24, 2.45) is 0 Å². The lowest BCUT2D eigenvalue weighted by Gasteiger charge is -2.40. The molecule has 1 aromatic rings. The number of nitrogens with one attached hydrogen (secondary N) is 1. The van der Waals surface area contributed by atoms with E-state index < -0.39 is 78.7 Å². The SMILES string of the molecule is CC1(C)O[C@@H]2[C@H](O1)[C@@H]([C@@]1(n3cc(Br)c(=O)[nH]c3=O)O[C@H](CO)[C@@H](O)[C@H]1O)O[C@H]2CO. The maximum absolute atomic E-state index is 12.7. The molecule has 0 aliphatic carbocycles. The van der Waals surface area contributed by atoms with Gasteiger partial charge in [0.15, 0.2) is 5.79 Å². The first-order valence-electron chi connectivity index (χ1n) is 9.34. The number of H-pyrrole nitrogens is 1. The van der Waals surface area contributed by atoms with Crippen molar-refractivity contribution in [1.82, 2.24) is 9.55 Å². The highest BCUT2D eigenvalue weighted by atomic mass is 79.9. The van der Waals surface area contributed by atoms with Crippen LogP contribution in [-0.4, -0.2) is 91.7 Å². The monoisotopic (exact) mass is 494 g/mol. The third-order valence-corrected chi connectivity index (χ3v) is 6.23. The van der Waals surface area contributed by atoms with E-state index in [2.05, 4.69) is 20.9 Å². The fourth-order valence-electron chi connectivity index (χ4n) is 4.42. The van der Waals surface area contributed by atoms with Crippen LogP contribution >= 0.6 is 15.9 Å². The number of aliphatic hydroxyl groups excluding tert-OH is 4. The number of ether oxygens (including phenoxy) is 4. The second-order valence-electron chi connectivity index (χ2n) is 7.97. The van der Waals surface area contributed by atoms with E-state index in [4.69, 9.17) is 18.9 Å². The normalized spacial score (nSPS) is 42.6. The van der Waals surface area contributed by atoms with Crippen LogP contribution in [0.15, 0.2) is 20.3 Å². The number of aromatic amines is 1. The van der Waals surface area contributed by atoms with E-state index in [9.17, 15) is 30.0 Å². The third-order valence-electron chi connectivity index (χ3n) is 5.66. The second kappa shape index (κ2) is 7.46. The second-order valence-corrected chi connectivity index (χ2v) is 8.83. The van der Waals surface area contributed by atoms with Gasteiger partial charge in [-0.2, -0.15) is 0 Å². The standard InChI is InChI=1S/C17H23BrN2O10/c1-16(2)29-10-8(5-22)27-13(11(10)30-16)17(12(24)9(23)7(4-21)28-17)20-3-6(18)14(25)19-15(20)26/h3,7-13,21-24H,4-5H2,1-2H3,(H,19,25,26)/t7-,8+,9-,10+,11+,12-,13+,17+/m1/s1. The first-order valence-corrected chi connectivity index (χ1v) is 10.1. The fraction of sp³-hybridized carbons (Fsp3) is 0.765. The molecule has 5 N–H and O–H groups in total. The summed E-state index contributed by atoms with van der Waals surface area (Å²) >= 11 is 3.04. The van der Waals surface area contributed by atoms with Crippen LogP contribution in [0, 0.1) is 0 Å².